The molecule has 2 N–H and O–H groups in total. The Balaban J connectivity index is 1.17. The van der Waals surface area contributed by atoms with E-state index in [-0.39, 0.29) is 23.7 Å². The van der Waals surface area contributed by atoms with Gasteiger partial charge in [-0.3, -0.25) is 9.69 Å². The van der Waals surface area contributed by atoms with E-state index in [9.17, 15) is 9.90 Å². The van der Waals surface area contributed by atoms with Crippen LogP contribution < -0.4 is 5.32 Å². The summed E-state index contributed by atoms with van der Waals surface area (Å²) in [5.41, 5.74) is 5.59. The second kappa shape index (κ2) is 11.9. The number of benzene rings is 1. The van der Waals surface area contributed by atoms with Gasteiger partial charge in [-0.05, 0) is 99.1 Å². The van der Waals surface area contributed by atoms with Crippen molar-refractivity contribution in [3.63, 3.8) is 0 Å². The highest BCUT2D eigenvalue weighted by atomic mass is 16.5. The molecule has 212 valence electrons. The van der Waals surface area contributed by atoms with Crippen LogP contribution >= 0.6 is 0 Å². The second-order valence-electron chi connectivity index (χ2n) is 12.3. The van der Waals surface area contributed by atoms with Gasteiger partial charge in [0.25, 0.3) is 0 Å². The van der Waals surface area contributed by atoms with E-state index in [0.29, 0.717) is 6.61 Å². The third-order valence-electron chi connectivity index (χ3n) is 9.11. The molecule has 0 amide bonds. The third kappa shape index (κ3) is 6.16. The number of hydrogen-bond donors (Lipinski definition) is 2. The van der Waals surface area contributed by atoms with Crippen LogP contribution in [0.15, 0.2) is 30.3 Å². The van der Waals surface area contributed by atoms with Gasteiger partial charge in [0.05, 0.1) is 18.8 Å². The van der Waals surface area contributed by atoms with E-state index in [4.69, 9.17) is 14.5 Å². The lowest BCUT2D eigenvalue weighted by atomic mass is 9.87. The Bertz CT molecular complexity index is 1170. The van der Waals surface area contributed by atoms with Crippen molar-refractivity contribution in [1.82, 2.24) is 9.88 Å². The molecule has 1 aromatic carbocycles. The van der Waals surface area contributed by atoms with Crippen LogP contribution in [0.25, 0.3) is 0 Å². The van der Waals surface area contributed by atoms with E-state index >= 15 is 0 Å². The van der Waals surface area contributed by atoms with E-state index in [0.717, 1.165) is 80.7 Å². The van der Waals surface area contributed by atoms with Crippen LogP contribution in [-0.4, -0.2) is 59.9 Å². The molecule has 1 aromatic heterocycles. The average molecular weight is 536 g/mol. The standard InChI is InChI=1S/C32H45N3O4/c1-21-28-22(15-18-38-21)9-7-12-26(28)29(31(36)37)35(4)25-19-27(32(2,3)20-25)39-17-6-5-11-24-14-13-23-10-8-16-33-30(23)34-24/h7,9,12-14,21,25,27,29H,5-6,8,10-11,15-20H2,1-4H3,(H,33,34)(H,36,37)/t21-,25?,27?,29?/m0/s1. The number of anilines is 1. The molecule has 7 nitrogen and oxygen atoms in total. The van der Waals surface area contributed by atoms with Crippen LogP contribution in [0.2, 0.25) is 0 Å². The number of aromatic nitrogens is 1. The summed E-state index contributed by atoms with van der Waals surface area (Å²) >= 11 is 0. The molecule has 0 bridgehead atoms. The predicted molar refractivity (Wildman–Crippen MR) is 153 cm³/mol. The van der Waals surface area contributed by atoms with Crippen molar-refractivity contribution in [2.24, 2.45) is 5.41 Å². The summed E-state index contributed by atoms with van der Waals surface area (Å²) in [4.78, 5) is 19.5. The zero-order valence-corrected chi connectivity index (χ0v) is 24.0. The monoisotopic (exact) mass is 535 g/mol. The fraction of sp³-hybridized carbons (Fsp3) is 0.625. The van der Waals surface area contributed by atoms with Gasteiger partial charge in [-0.1, -0.05) is 38.1 Å². The Hall–Kier alpha value is -2.48. The van der Waals surface area contributed by atoms with Gasteiger partial charge >= 0.3 is 5.97 Å². The van der Waals surface area contributed by atoms with Crippen LogP contribution in [0.4, 0.5) is 5.82 Å². The number of fused-ring (bicyclic) bond motifs is 2. The highest BCUT2D eigenvalue weighted by molar-refractivity contribution is 5.76. The number of carboxylic acid groups (broad SMARTS) is 1. The van der Waals surface area contributed by atoms with E-state index in [1.807, 2.05) is 26.1 Å². The van der Waals surface area contributed by atoms with E-state index < -0.39 is 12.0 Å². The van der Waals surface area contributed by atoms with Gasteiger partial charge in [-0.2, -0.15) is 0 Å². The Labute approximate surface area is 233 Å². The van der Waals surface area contributed by atoms with E-state index in [1.165, 1.54) is 17.5 Å². The number of aliphatic carboxylic acids is 1. The molecule has 4 atom stereocenters. The van der Waals surface area contributed by atoms with Gasteiger partial charge in [0.1, 0.15) is 11.9 Å². The zero-order valence-electron chi connectivity index (χ0n) is 24.0. The molecule has 2 aliphatic heterocycles. The number of carbonyl (C=O) groups is 1. The number of unbranched alkanes of at least 4 members (excludes halogenated alkanes) is 1. The number of ether oxygens (including phenoxy) is 2. The Morgan fingerprint density at radius 2 is 2.08 bits per heavy atom. The first-order valence-corrected chi connectivity index (χ1v) is 14.8. The summed E-state index contributed by atoms with van der Waals surface area (Å²) in [7, 11) is 1.97. The van der Waals surface area contributed by atoms with Crippen LogP contribution in [0.5, 0.6) is 0 Å². The molecule has 39 heavy (non-hydrogen) atoms. The number of aryl methyl sites for hydroxylation is 2. The zero-order chi connectivity index (χ0) is 27.6. The number of hydrogen-bond acceptors (Lipinski definition) is 6. The minimum absolute atomic E-state index is 0.0137. The SMILES string of the molecule is C[C@@H]1OCCc2cccc(C(C(=O)O)N(C)C3CC(OCCCCc4ccc5c(n4)NCCC5)C(C)(C)C3)c21. The van der Waals surface area contributed by atoms with Crippen LogP contribution in [0.3, 0.4) is 0 Å². The third-order valence-corrected chi connectivity index (χ3v) is 9.11. The molecular formula is C32H45N3O4. The molecule has 2 aromatic rings. The van der Waals surface area contributed by atoms with Crippen molar-refractivity contribution < 1.29 is 19.4 Å². The van der Waals surface area contributed by atoms with Gasteiger partial charge < -0.3 is 19.9 Å². The molecular weight excluding hydrogens is 490 g/mol. The molecule has 0 spiro atoms. The molecule has 0 radical (unpaired) electrons. The minimum atomic E-state index is -0.808. The normalized spacial score (nSPS) is 24.6. The molecule has 1 fully saturated rings. The summed E-state index contributed by atoms with van der Waals surface area (Å²) in [5.74, 6) is 0.257. The largest absolute Gasteiger partial charge is 0.480 e. The van der Waals surface area contributed by atoms with Crippen LogP contribution in [-0.2, 0) is 33.5 Å². The summed E-state index contributed by atoms with van der Waals surface area (Å²) in [6.07, 6.45) is 7.88. The van der Waals surface area contributed by atoms with Gasteiger partial charge in [-0.15, -0.1) is 0 Å². The molecule has 1 aliphatic carbocycles. The van der Waals surface area contributed by atoms with Crippen molar-refractivity contribution >= 4 is 11.8 Å². The van der Waals surface area contributed by atoms with Crippen molar-refractivity contribution in [3.05, 3.63) is 58.3 Å². The summed E-state index contributed by atoms with van der Waals surface area (Å²) in [6.45, 7) is 8.96. The topological polar surface area (TPSA) is 83.9 Å². The summed E-state index contributed by atoms with van der Waals surface area (Å²) in [6, 6.07) is 9.90. The summed E-state index contributed by atoms with van der Waals surface area (Å²) in [5, 5.41) is 13.8. The molecule has 7 heteroatoms. The van der Waals surface area contributed by atoms with Crippen molar-refractivity contribution in [2.75, 3.05) is 32.1 Å². The molecule has 3 heterocycles. The molecule has 5 rings (SSSR count). The van der Waals surface area contributed by atoms with Gasteiger partial charge in [0, 0.05) is 24.9 Å². The first-order valence-electron chi connectivity index (χ1n) is 14.8. The second-order valence-corrected chi connectivity index (χ2v) is 12.3. The lowest BCUT2D eigenvalue weighted by molar-refractivity contribution is -0.144. The van der Waals surface area contributed by atoms with Gasteiger partial charge in [0.2, 0.25) is 0 Å². The highest BCUT2D eigenvalue weighted by Gasteiger charge is 2.45. The average Bonchev–Trinajstić information content (AvgIpc) is 3.22. The number of nitrogens with one attached hydrogen (secondary N) is 1. The van der Waals surface area contributed by atoms with E-state index in [2.05, 4.69) is 42.3 Å². The maximum absolute atomic E-state index is 12.7. The lowest BCUT2D eigenvalue weighted by Gasteiger charge is -2.35. The fourth-order valence-corrected chi connectivity index (χ4v) is 6.89. The number of likely N-dealkylation sites (N-methyl/N-ethyl adjacent to an activating group) is 1. The molecule has 3 unspecified atom stereocenters. The fourth-order valence-electron chi connectivity index (χ4n) is 6.89. The molecule has 0 saturated heterocycles. The highest BCUT2D eigenvalue weighted by Crippen LogP contribution is 2.44. The first kappa shape index (κ1) is 28.1. The minimum Gasteiger partial charge on any atom is -0.480 e. The van der Waals surface area contributed by atoms with Gasteiger partial charge in [0.15, 0.2) is 0 Å². The number of nitrogens with zero attached hydrogens (tertiary/aromatic N) is 2. The van der Waals surface area contributed by atoms with Crippen molar-refractivity contribution in [2.45, 2.75) is 96.4 Å². The maximum Gasteiger partial charge on any atom is 0.325 e. The lowest BCUT2D eigenvalue weighted by Crippen LogP contribution is -2.39. The quantitative estimate of drug-likeness (QED) is 0.376. The molecule has 3 aliphatic rings. The number of pyridine rings is 1. The Kier molecular flexibility index (Phi) is 8.60. The van der Waals surface area contributed by atoms with Crippen molar-refractivity contribution in [3.8, 4) is 0 Å². The Morgan fingerprint density at radius 1 is 1.23 bits per heavy atom. The Morgan fingerprint density at radius 3 is 2.90 bits per heavy atom. The van der Waals surface area contributed by atoms with Crippen LogP contribution in [0, 0.1) is 5.41 Å². The smallest absolute Gasteiger partial charge is 0.325 e. The first-order chi connectivity index (χ1) is 18.7. The van der Waals surface area contributed by atoms with E-state index in [1.54, 1.807) is 0 Å². The number of rotatable bonds is 10. The maximum atomic E-state index is 12.7. The number of carboxylic acids is 1. The van der Waals surface area contributed by atoms with Crippen molar-refractivity contribution in [1.29, 1.82) is 0 Å². The van der Waals surface area contributed by atoms with Crippen LogP contribution in [0.1, 0.15) is 93.0 Å². The van der Waals surface area contributed by atoms with Gasteiger partial charge in [-0.25, -0.2) is 4.98 Å². The summed E-state index contributed by atoms with van der Waals surface area (Å²) < 4.78 is 12.4. The predicted octanol–water partition coefficient (Wildman–Crippen LogP) is 5.73. The molecule has 1 saturated carbocycles.